The summed E-state index contributed by atoms with van der Waals surface area (Å²) in [6.45, 7) is 0.228. The average Bonchev–Trinajstić information content (AvgIpc) is 3.16. The van der Waals surface area contributed by atoms with Crippen molar-refractivity contribution in [2.75, 3.05) is 12.4 Å². The Bertz CT molecular complexity index is 518. The molecule has 0 aliphatic heterocycles. The molecule has 102 valence electrons. The molecule has 0 radical (unpaired) electrons. The largest absolute Gasteiger partial charge is 0.492 e. The second-order valence-electron chi connectivity index (χ2n) is 4.77. The van der Waals surface area contributed by atoms with Crippen molar-refractivity contribution in [2.45, 2.75) is 19.0 Å². The number of benzene rings is 1. The molecule has 2 rings (SSSR count). The van der Waals surface area contributed by atoms with E-state index in [1.165, 1.54) is 12.1 Å². The van der Waals surface area contributed by atoms with Gasteiger partial charge < -0.3 is 4.74 Å². The molecule has 0 amide bonds. The number of halogens is 3. The monoisotopic (exact) mass is 287 g/mol. The van der Waals surface area contributed by atoms with Gasteiger partial charge in [0.2, 0.25) is 0 Å². The highest BCUT2D eigenvalue weighted by Crippen LogP contribution is 2.47. The molecule has 0 bridgehead atoms. The Hall–Kier alpha value is -1.35. The van der Waals surface area contributed by atoms with E-state index in [0.717, 1.165) is 18.9 Å². The van der Waals surface area contributed by atoms with Gasteiger partial charge in [-0.05, 0) is 36.8 Å². The van der Waals surface area contributed by atoms with Crippen LogP contribution in [0.15, 0.2) is 18.2 Å². The summed E-state index contributed by atoms with van der Waals surface area (Å²) in [5.41, 5.74) is -1.02. The van der Waals surface area contributed by atoms with E-state index in [4.69, 9.17) is 10.00 Å². The van der Waals surface area contributed by atoms with Crippen molar-refractivity contribution in [3.63, 3.8) is 0 Å². The number of rotatable bonds is 4. The van der Waals surface area contributed by atoms with Gasteiger partial charge in [-0.3, -0.25) is 0 Å². The fourth-order valence-corrected chi connectivity index (χ4v) is 2.11. The van der Waals surface area contributed by atoms with Crippen LogP contribution in [0.2, 0.25) is 0 Å². The van der Waals surface area contributed by atoms with Crippen LogP contribution in [0.25, 0.3) is 0 Å². The number of hydrogen-bond donors (Lipinski definition) is 1. The first-order valence-electron chi connectivity index (χ1n) is 5.75. The zero-order valence-electron chi connectivity index (χ0n) is 10.00. The standard InChI is InChI=1S/C13H12F3NOS/c14-13(15,16)10-5-9(6-17)1-2-11(10)18-7-12(8-19)3-4-12/h1-2,5,19H,3-4,7-8H2. The third kappa shape index (κ3) is 3.16. The predicted octanol–water partition coefficient (Wildman–Crippen LogP) is 3.67. The number of hydrogen-bond acceptors (Lipinski definition) is 3. The van der Waals surface area contributed by atoms with Crippen molar-refractivity contribution in [3.8, 4) is 11.8 Å². The minimum absolute atomic E-state index is 0.0324. The third-order valence-corrected chi connectivity index (χ3v) is 3.91. The maximum absolute atomic E-state index is 12.9. The average molecular weight is 287 g/mol. The lowest BCUT2D eigenvalue weighted by atomic mass is 10.1. The number of nitriles is 1. The SMILES string of the molecule is N#Cc1ccc(OCC2(CS)CC2)c(C(F)(F)F)c1. The smallest absolute Gasteiger partial charge is 0.420 e. The van der Waals surface area contributed by atoms with Crippen LogP contribution in [-0.2, 0) is 6.18 Å². The lowest BCUT2D eigenvalue weighted by Crippen LogP contribution is -2.17. The number of thiol groups is 1. The number of ether oxygens (including phenoxy) is 1. The summed E-state index contributed by atoms with van der Waals surface area (Å²) in [4.78, 5) is 0. The lowest BCUT2D eigenvalue weighted by Gasteiger charge is -2.17. The molecule has 1 aromatic carbocycles. The van der Waals surface area contributed by atoms with Crippen LogP contribution in [0, 0.1) is 16.7 Å². The molecule has 1 saturated carbocycles. The summed E-state index contributed by atoms with van der Waals surface area (Å²) in [6, 6.07) is 5.04. The minimum atomic E-state index is -4.53. The lowest BCUT2D eigenvalue weighted by molar-refractivity contribution is -0.139. The summed E-state index contributed by atoms with van der Waals surface area (Å²) >= 11 is 4.18. The van der Waals surface area contributed by atoms with E-state index in [1.54, 1.807) is 6.07 Å². The van der Waals surface area contributed by atoms with Crippen LogP contribution < -0.4 is 4.74 Å². The molecule has 0 saturated heterocycles. The molecular formula is C13H12F3NOS. The maximum Gasteiger partial charge on any atom is 0.420 e. The Morgan fingerprint density at radius 2 is 2.05 bits per heavy atom. The summed E-state index contributed by atoms with van der Waals surface area (Å²) in [5, 5.41) is 8.66. The van der Waals surface area contributed by atoms with Gasteiger partial charge in [0.05, 0.1) is 23.8 Å². The highest BCUT2D eigenvalue weighted by atomic mass is 32.1. The summed E-state index contributed by atoms with van der Waals surface area (Å²) in [6.07, 6.45) is -2.68. The van der Waals surface area contributed by atoms with E-state index >= 15 is 0 Å². The molecule has 0 atom stereocenters. The Morgan fingerprint density at radius 1 is 1.37 bits per heavy atom. The zero-order valence-corrected chi connectivity index (χ0v) is 10.9. The fraction of sp³-hybridized carbons (Fsp3) is 0.462. The molecule has 19 heavy (non-hydrogen) atoms. The molecule has 6 heteroatoms. The van der Waals surface area contributed by atoms with E-state index in [0.29, 0.717) is 5.75 Å². The molecule has 1 fully saturated rings. The second kappa shape index (κ2) is 4.97. The molecule has 2 nitrogen and oxygen atoms in total. The van der Waals surface area contributed by atoms with Crippen LogP contribution in [-0.4, -0.2) is 12.4 Å². The molecule has 0 unspecified atom stereocenters. The first-order valence-corrected chi connectivity index (χ1v) is 6.38. The third-order valence-electron chi connectivity index (χ3n) is 3.24. The Labute approximate surface area is 114 Å². The number of nitrogens with zero attached hydrogens (tertiary/aromatic N) is 1. The minimum Gasteiger partial charge on any atom is -0.492 e. The molecule has 1 aliphatic carbocycles. The van der Waals surface area contributed by atoms with Gasteiger partial charge in [0.1, 0.15) is 5.75 Å². The Morgan fingerprint density at radius 3 is 2.53 bits per heavy atom. The summed E-state index contributed by atoms with van der Waals surface area (Å²) in [5.74, 6) is 0.379. The van der Waals surface area contributed by atoms with Crippen molar-refractivity contribution in [3.05, 3.63) is 29.3 Å². The Kier molecular flexibility index (Phi) is 3.68. The van der Waals surface area contributed by atoms with Gasteiger partial charge in [0, 0.05) is 5.41 Å². The van der Waals surface area contributed by atoms with Crippen LogP contribution in [0.3, 0.4) is 0 Å². The van der Waals surface area contributed by atoms with Crippen molar-refractivity contribution in [1.29, 1.82) is 5.26 Å². The molecule has 0 spiro atoms. The highest BCUT2D eigenvalue weighted by molar-refractivity contribution is 7.80. The first kappa shape index (κ1) is 14.1. The highest BCUT2D eigenvalue weighted by Gasteiger charge is 2.43. The van der Waals surface area contributed by atoms with Gasteiger partial charge >= 0.3 is 6.18 Å². The first-order chi connectivity index (χ1) is 8.90. The zero-order chi connectivity index (χ0) is 14.1. The normalized spacial score (nSPS) is 16.8. The van der Waals surface area contributed by atoms with Gasteiger partial charge in [0.15, 0.2) is 0 Å². The molecular weight excluding hydrogens is 275 g/mol. The molecule has 0 aromatic heterocycles. The van der Waals surface area contributed by atoms with E-state index in [1.807, 2.05) is 0 Å². The molecule has 0 heterocycles. The fourth-order valence-electron chi connectivity index (χ4n) is 1.70. The summed E-state index contributed by atoms with van der Waals surface area (Å²) < 4.78 is 43.9. The van der Waals surface area contributed by atoms with Crippen LogP contribution in [0.1, 0.15) is 24.0 Å². The van der Waals surface area contributed by atoms with Crippen molar-refractivity contribution >= 4 is 12.6 Å². The van der Waals surface area contributed by atoms with Crippen molar-refractivity contribution in [2.24, 2.45) is 5.41 Å². The van der Waals surface area contributed by atoms with Gasteiger partial charge in [0.25, 0.3) is 0 Å². The van der Waals surface area contributed by atoms with Crippen molar-refractivity contribution in [1.82, 2.24) is 0 Å². The number of alkyl halides is 3. The quantitative estimate of drug-likeness (QED) is 0.857. The Balaban J connectivity index is 2.22. The van der Waals surface area contributed by atoms with E-state index in [-0.39, 0.29) is 23.3 Å². The van der Waals surface area contributed by atoms with Gasteiger partial charge in [-0.1, -0.05) is 0 Å². The predicted molar refractivity (Wildman–Crippen MR) is 67.2 cm³/mol. The van der Waals surface area contributed by atoms with E-state index in [9.17, 15) is 13.2 Å². The molecule has 0 N–H and O–H groups in total. The molecule has 1 aliphatic rings. The maximum atomic E-state index is 12.9. The van der Waals surface area contributed by atoms with Gasteiger partial charge in [-0.25, -0.2) is 0 Å². The summed E-state index contributed by atoms with van der Waals surface area (Å²) in [7, 11) is 0. The van der Waals surface area contributed by atoms with Crippen LogP contribution in [0.5, 0.6) is 5.75 Å². The molecule has 1 aromatic rings. The van der Waals surface area contributed by atoms with E-state index < -0.39 is 11.7 Å². The topological polar surface area (TPSA) is 33.0 Å². The second-order valence-corrected chi connectivity index (χ2v) is 5.08. The van der Waals surface area contributed by atoms with E-state index in [2.05, 4.69) is 12.6 Å². The van der Waals surface area contributed by atoms with Crippen LogP contribution >= 0.6 is 12.6 Å². The van der Waals surface area contributed by atoms with Gasteiger partial charge in [-0.2, -0.15) is 31.1 Å². The van der Waals surface area contributed by atoms with Crippen molar-refractivity contribution < 1.29 is 17.9 Å². The van der Waals surface area contributed by atoms with Crippen LogP contribution in [0.4, 0.5) is 13.2 Å². The van der Waals surface area contributed by atoms with Gasteiger partial charge in [-0.15, -0.1) is 0 Å².